The van der Waals surface area contributed by atoms with Gasteiger partial charge < -0.3 is 9.30 Å². The molecule has 0 saturated carbocycles. The molecule has 1 aliphatic rings. The summed E-state index contributed by atoms with van der Waals surface area (Å²) in [7, 11) is -4.38. The fraction of sp³-hybridized carbons (Fsp3) is 0.588. The molecule has 0 aromatic carbocycles. The van der Waals surface area contributed by atoms with Crippen LogP contribution in [0.5, 0.6) is 0 Å². The van der Waals surface area contributed by atoms with Gasteiger partial charge in [-0.3, -0.25) is 0 Å². The number of aromatic nitrogens is 2. The highest BCUT2D eigenvalue weighted by atomic mass is 32.2. The zero-order chi connectivity index (χ0) is 17.4. The molecule has 0 bridgehead atoms. The van der Waals surface area contributed by atoms with Crippen molar-refractivity contribution in [3.63, 3.8) is 0 Å². The summed E-state index contributed by atoms with van der Waals surface area (Å²) in [4.78, 5) is 4.52. The van der Waals surface area contributed by atoms with Crippen molar-refractivity contribution >= 4 is 28.9 Å². The number of pyridine rings is 1. The Kier molecular flexibility index (Phi) is 4.86. The Bertz CT molecular complexity index is 837. The molecule has 7 heteroatoms. The SMILES string of the molecule is C[Si](C)(C)CCOCn1ccc2cc3c(nc21)S(=O)(=O)CCCC3. The van der Waals surface area contributed by atoms with Crippen LogP contribution < -0.4 is 0 Å². The Labute approximate surface area is 145 Å². The molecule has 0 amide bonds. The smallest absolute Gasteiger partial charge is 0.195 e. The van der Waals surface area contributed by atoms with E-state index in [0.29, 0.717) is 18.8 Å². The van der Waals surface area contributed by atoms with Crippen molar-refractivity contribution in [2.45, 2.75) is 56.7 Å². The molecule has 3 rings (SSSR count). The molecule has 132 valence electrons. The first-order valence-electron chi connectivity index (χ1n) is 8.56. The van der Waals surface area contributed by atoms with Gasteiger partial charge in [-0.05, 0) is 43.0 Å². The van der Waals surface area contributed by atoms with Gasteiger partial charge in [0.15, 0.2) is 14.9 Å². The van der Waals surface area contributed by atoms with Gasteiger partial charge in [-0.15, -0.1) is 0 Å². The lowest BCUT2D eigenvalue weighted by atomic mass is 10.1. The third-order valence-electron chi connectivity index (χ3n) is 4.41. The van der Waals surface area contributed by atoms with Gasteiger partial charge in [0, 0.05) is 26.3 Å². The van der Waals surface area contributed by atoms with Gasteiger partial charge >= 0.3 is 0 Å². The highest BCUT2D eigenvalue weighted by molar-refractivity contribution is 7.91. The maximum Gasteiger partial charge on any atom is 0.195 e. The van der Waals surface area contributed by atoms with Crippen LogP contribution >= 0.6 is 0 Å². The number of aryl methyl sites for hydroxylation is 1. The molecule has 0 spiro atoms. The van der Waals surface area contributed by atoms with E-state index in [1.54, 1.807) is 0 Å². The van der Waals surface area contributed by atoms with E-state index in [2.05, 4.69) is 24.6 Å². The standard InChI is InChI=1S/C17H26N2O3SSi/c1-24(2,3)11-9-22-13-19-8-7-14-12-15-6-4-5-10-23(20,21)17(15)18-16(14)19/h7-8,12H,4-6,9-11,13H2,1-3H3. The number of hydrogen-bond acceptors (Lipinski definition) is 4. The largest absolute Gasteiger partial charge is 0.361 e. The highest BCUT2D eigenvalue weighted by Gasteiger charge is 2.24. The summed E-state index contributed by atoms with van der Waals surface area (Å²) in [5.41, 5.74) is 1.56. The van der Waals surface area contributed by atoms with Gasteiger partial charge in [-0.25, -0.2) is 13.4 Å². The van der Waals surface area contributed by atoms with Crippen LogP contribution in [0.25, 0.3) is 11.0 Å². The van der Waals surface area contributed by atoms with Gasteiger partial charge in [0.05, 0.1) is 5.75 Å². The minimum absolute atomic E-state index is 0.200. The van der Waals surface area contributed by atoms with Crippen molar-refractivity contribution in [3.05, 3.63) is 23.9 Å². The second kappa shape index (κ2) is 6.61. The second-order valence-corrected chi connectivity index (χ2v) is 15.4. The molecule has 0 unspecified atom stereocenters. The lowest BCUT2D eigenvalue weighted by Crippen LogP contribution is -2.22. The summed E-state index contributed by atoms with van der Waals surface area (Å²) in [5.74, 6) is 0.200. The fourth-order valence-corrected chi connectivity index (χ4v) is 5.26. The van der Waals surface area contributed by atoms with Gasteiger partial charge in [0.1, 0.15) is 12.4 Å². The van der Waals surface area contributed by atoms with Crippen LogP contribution in [0, 0.1) is 0 Å². The normalized spacial score (nSPS) is 17.6. The molecule has 24 heavy (non-hydrogen) atoms. The Morgan fingerprint density at radius 2 is 2.08 bits per heavy atom. The summed E-state index contributed by atoms with van der Waals surface area (Å²) in [6.45, 7) is 8.12. The molecule has 0 aliphatic carbocycles. The molecule has 3 heterocycles. The van der Waals surface area contributed by atoms with E-state index in [1.807, 2.05) is 22.9 Å². The topological polar surface area (TPSA) is 61.2 Å². The first kappa shape index (κ1) is 17.6. The number of rotatable bonds is 5. The molecule has 2 aromatic rings. The molecule has 0 N–H and O–H groups in total. The number of ether oxygens (including phenoxy) is 1. The van der Waals surface area contributed by atoms with E-state index in [-0.39, 0.29) is 10.8 Å². The van der Waals surface area contributed by atoms with E-state index in [1.165, 1.54) is 0 Å². The monoisotopic (exact) mass is 366 g/mol. The maximum absolute atomic E-state index is 12.4. The van der Waals surface area contributed by atoms with Crippen molar-refractivity contribution < 1.29 is 13.2 Å². The lowest BCUT2D eigenvalue weighted by Gasteiger charge is -2.15. The van der Waals surface area contributed by atoms with E-state index in [4.69, 9.17) is 4.74 Å². The summed E-state index contributed by atoms with van der Waals surface area (Å²) >= 11 is 0. The molecule has 5 nitrogen and oxygen atoms in total. The van der Waals surface area contributed by atoms with E-state index >= 15 is 0 Å². The first-order valence-corrected chi connectivity index (χ1v) is 13.9. The van der Waals surface area contributed by atoms with Crippen LogP contribution in [0.1, 0.15) is 18.4 Å². The maximum atomic E-state index is 12.4. The summed E-state index contributed by atoms with van der Waals surface area (Å²) in [6, 6.07) is 5.09. The van der Waals surface area contributed by atoms with Gasteiger partial charge in [0.2, 0.25) is 0 Å². The van der Waals surface area contributed by atoms with E-state index < -0.39 is 17.9 Å². The molecule has 2 aromatic heterocycles. The second-order valence-electron chi connectivity index (χ2n) is 7.77. The van der Waals surface area contributed by atoms with Crippen LogP contribution in [0.4, 0.5) is 0 Å². The summed E-state index contributed by atoms with van der Waals surface area (Å²) in [5, 5.41) is 1.26. The third-order valence-corrected chi connectivity index (χ3v) is 7.88. The highest BCUT2D eigenvalue weighted by Crippen LogP contribution is 2.27. The fourth-order valence-electron chi connectivity index (χ4n) is 2.94. The molecular formula is C17H26N2O3SSi. The predicted octanol–water partition coefficient (Wildman–Crippen LogP) is 3.46. The van der Waals surface area contributed by atoms with Crippen molar-refractivity contribution in [1.29, 1.82) is 0 Å². The van der Waals surface area contributed by atoms with Crippen LogP contribution in [-0.4, -0.2) is 38.4 Å². The number of hydrogen-bond donors (Lipinski definition) is 0. The Morgan fingerprint density at radius 1 is 1.29 bits per heavy atom. The molecular weight excluding hydrogens is 340 g/mol. The van der Waals surface area contributed by atoms with Crippen molar-refractivity contribution in [3.8, 4) is 0 Å². The van der Waals surface area contributed by atoms with E-state index in [9.17, 15) is 8.42 Å². The zero-order valence-electron chi connectivity index (χ0n) is 14.7. The molecule has 0 fully saturated rings. The number of sulfone groups is 1. The Balaban J connectivity index is 1.85. The van der Waals surface area contributed by atoms with Crippen LogP contribution in [-0.2, 0) is 27.7 Å². The zero-order valence-corrected chi connectivity index (χ0v) is 16.5. The lowest BCUT2D eigenvalue weighted by molar-refractivity contribution is 0.0898. The third kappa shape index (κ3) is 3.89. The van der Waals surface area contributed by atoms with Gasteiger partial charge in [-0.2, -0.15) is 0 Å². The molecule has 0 atom stereocenters. The summed E-state index contributed by atoms with van der Waals surface area (Å²) < 4.78 is 32.6. The van der Waals surface area contributed by atoms with Crippen molar-refractivity contribution in [1.82, 2.24) is 9.55 Å². The Morgan fingerprint density at radius 3 is 2.83 bits per heavy atom. The average Bonchev–Trinajstić information content (AvgIpc) is 2.81. The molecule has 0 radical (unpaired) electrons. The van der Waals surface area contributed by atoms with Crippen molar-refractivity contribution in [2.24, 2.45) is 0 Å². The van der Waals surface area contributed by atoms with Crippen LogP contribution in [0.3, 0.4) is 0 Å². The predicted molar refractivity (Wildman–Crippen MR) is 98.8 cm³/mol. The van der Waals surface area contributed by atoms with Crippen LogP contribution in [0.2, 0.25) is 25.7 Å². The number of nitrogens with zero attached hydrogens (tertiary/aromatic N) is 2. The van der Waals surface area contributed by atoms with Gasteiger partial charge in [0.25, 0.3) is 0 Å². The average molecular weight is 367 g/mol. The quantitative estimate of drug-likeness (QED) is 0.600. The minimum Gasteiger partial charge on any atom is -0.361 e. The number of fused-ring (bicyclic) bond motifs is 2. The van der Waals surface area contributed by atoms with E-state index in [0.717, 1.165) is 36.4 Å². The van der Waals surface area contributed by atoms with Crippen LogP contribution in [0.15, 0.2) is 23.4 Å². The molecule has 0 saturated heterocycles. The van der Waals surface area contributed by atoms with Crippen molar-refractivity contribution in [2.75, 3.05) is 12.4 Å². The first-order chi connectivity index (χ1) is 11.3. The Hall–Kier alpha value is -1.18. The minimum atomic E-state index is -3.27. The molecule has 1 aliphatic heterocycles. The van der Waals surface area contributed by atoms with Gasteiger partial charge in [-0.1, -0.05) is 19.6 Å². The summed E-state index contributed by atoms with van der Waals surface area (Å²) in [6.07, 6.45) is 4.33.